The molecule has 0 bridgehead atoms. The van der Waals surface area contributed by atoms with E-state index < -0.39 is 10.0 Å². The molecule has 7 nitrogen and oxygen atoms in total. The standard InChI is InChI=1S/C19H27N5O2S2.HI/c1-13(2)17-12-27-18(23-17)11-22-19(20-3)21-10-14-4-8-16(9-5-14)28(25,26)24-15-6-7-15;/h4-5,8-9,12-13,15,24H,6-7,10-11H2,1-3H3,(H2,20,21,22);1H. The van der Waals surface area contributed by atoms with Gasteiger partial charge in [-0.3, -0.25) is 4.99 Å². The maximum Gasteiger partial charge on any atom is 0.240 e. The van der Waals surface area contributed by atoms with Crippen LogP contribution in [0.3, 0.4) is 0 Å². The molecular weight excluding hydrogens is 521 g/mol. The van der Waals surface area contributed by atoms with Gasteiger partial charge in [0.25, 0.3) is 0 Å². The van der Waals surface area contributed by atoms with Crippen molar-refractivity contribution < 1.29 is 8.42 Å². The zero-order valence-corrected chi connectivity index (χ0v) is 20.8. The average Bonchev–Trinajstić information content (AvgIpc) is 3.33. The van der Waals surface area contributed by atoms with Gasteiger partial charge in [-0.1, -0.05) is 26.0 Å². The lowest BCUT2D eigenvalue weighted by atomic mass is 10.2. The summed E-state index contributed by atoms with van der Waals surface area (Å²) in [5, 5.41) is 9.60. The van der Waals surface area contributed by atoms with Gasteiger partial charge in [0.15, 0.2) is 5.96 Å². The number of sulfonamides is 1. The number of benzene rings is 1. The summed E-state index contributed by atoms with van der Waals surface area (Å²) in [5.41, 5.74) is 2.08. The van der Waals surface area contributed by atoms with Crippen molar-refractivity contribution in [2.24, 2.45) is 4.99 Å². The van der Waals surface area contributed by atoms with E-state index in [2.05, 4.69) is 44.6 Å². The van der Waals surface area contributed by atoms with Gasteiger partial charge in [-0.15, -0.1) is 35.3 Å². The maximum atomic E-state index is 12.2. The summed E-state index contributed by atoms with van der Waals surface area (Å²) in [6.45, 7) is 5.42. The number of rotatable bonds is 8. The first-order chi connectivity index (χ1) is 13.4. The minimum absolute atomic E-state index is 0. The third-order valence-corrected chi connectivity index (χ3v) is 6.79. The fourth-order valence-electron chi connectivity index (χ4n) is 2.51. The molecule has 0 amide bonds. The second-order valence-electron chi connectivity index (χ2n) is 7.14. The van der Waals surface area contributed by atoms with Crippen LogP contribution < -0.4 is 15.4 Å². The summed E-state index contributed by atoms with van der Waals surface area (Å²) < 4.78 is 27.1. The van der Waals surface area contributed by atoms with E-state index in [0.29, 0.717) is 29.9 Å². The van der Waals surface area contributed by atoms with E-state index in [-0.39, 0.29) is 30.0 Å². The number of hydrogen-bond donors (Lipinski definition) is 3. The normalized spacial score (nSPS) is 14.6. The molecule has 0 unspecified atom stereocenters. The van der Waals surface area contributed by atoms with Crippen LogP contribution in [0.2, 0.25) is 0 Å². The molecule has 0 saturated heterocycles. The van der Waals surface area contributed by atoms with E-state index >= 15 is 0 Å². The molecule has 1 fully saturated rings. The highest BCUT2D eigenvalue weighted by molar-refractivity contribution is 14.0. The third kappa shape index (κ3) is 7.19. The molecule has 0 radical (unpaired) electrons. The Morgan fingerprint density at radius 2 is 1.86 bits per heavy atom. The summed E-state index contributed by atoms with van der Waals surface area (Å²) >= 11 is 1.64. The fraction of sp³-hybridized carbons (Fsp3) is 0.474. The van der Waals surface area contributed by atoms with E-state index in [0.717, 1.165) is 29.1 Å². The molecule has 3 rings (SSSR count). The monoisotopic (exact) mass is 549 g/mol. The zero-order valence-electron chi connectivity index (χ0n) is 16.8. The average molecular weight is 550 g/mol. The Morgan fingerprint density at radius 3 is 2.41 bits per heavy atom. The Hall–Kier alpha value is -1.24. The van der Waals surface area contributed by atoms with E-state index in [1.807, 2.05) is 12.1 Å². The van der Waals surface area contributed by atoms with Gasteiger partial charge in [-0.25, -0.2) is 18.1 Å². The van der Waals surface area contributed by atoms with Crippen LogP contribution in [0.5, 0.6) is 0 Å². The van der Waals surface area contributed by atoms with Crippen molar-refractivity contribution in [2.75, 3.05) is 7.05 Å². The Morgan fingerprint density at radius 1 is 1.21 bits per heavy atom. The van der Waals surface area contributed by atoms with Crippen LogP contribution in [-0.4, -0.2) is 32.5 Å². The fourth-order valence-corrected chi connectivity index (χ4v) is 4.71. The highest BCUT2D eigenvalue weighted by Gasteiger charge is 2.27. The van der Waals surface area contributed by atoms with Crippen molar-refractivity contribution in [1.82, 2.24) is 20.3 Å². The topological polar surface area (TPSA) is 95.5 Å². The van der Waals surface area contributed by atoms with Crippen LogP contribution in [-0.2, 0) is 23.1 Å². The van der Waals surface area contributed by atoms with Crippen molar-refractivity contribution in [3.63, 3.8) is 0 Å². The number of aliphatic imine (C=N–C) groups is 1. The molecule has 1 heterocycles. The summed E-state index contributed by atoms with van der Waals surface area (Å²) in [4.78, 5) is 9.13. The van der Waals surface area contributed by atoms with Gasteiger partial charge in [0.05, 0.1) is 17.1 Å². The van der Waals surface area contributed by atoms with Crippen molar-refractivity contribution in [1.29, 1.82) is 0 Å². The van der Waals surface area contributed by atoms with Crippen LogP contribution >= 0.6 is 35.3 Å². The van der Waals surface area contributed by atoms with Gasteiger partial charge in [0.2, 0.25) is 10.0 Å². The number of guanidine groups is 1. The molecule has 29 heavy (non-hydrogen) atoms. The molecule has 0 aliphatic heterocycles. The van der Waals surface area contributed by atoms with E-state index in [9.17, 15) is 8.42 Å². The van der Waals surface area contributed by atoms with Crippen molar-refractivity contribution in [2.45, 2.75) is 56.6 Å². The number of thiazole rings is 1. The molecule has 1 saturated carbocycles. The largest absolute Gasteiger partial charge is 0.352 e. The molecule has 1 aliphatic rings. The Labute approximate surface area is 193 Å². The summed E-state index contributed by atoms with van der Waals surface area (Å²) in [7, 11) is -1.69. The van der Waals surface area contributed by atoms with Crippen molar-refractivity contribution in [3.05, 3.63) is 45.9 Å². The van der Waals surface area contributed by atoms with Crippen LogP contribution in [0.1, 0.15) is 48.9 Å². The van der Waals surface area contributed by atoms with Gasteiger partial charge in [-0.2, -0.15) is 0 Å². The molecule has 10 heteroatoms. The summed E-state index contributed by atoms with van der Waals surface area (Å²) in [6, 6.07) is 7.02. The number of aromatic nitrogens is 1. The van der Waals surface area contributed by atoms with Crippen LogP contribution in [0.4, 0.5) is 0 Å². The van der Waals surface area contributed by atoms with Gasteiger partial charge < -0.3 is 10.6 Å². The Bertz CT molecular complexity index is 922. The molecule has 2 aromatic rings. The highest BCUT2D eigenvalue weighted by atomic mass is 127. The predicted molar refractivity (Wildman–Crippen MR) is 128 cm³/mol. The lowest BCUT2D eigenvalue weighted by Gasteiger charge is -2.11. The van der Waals surface area contributed by atoms with Gasteiger partial charge in [-0.05, 0) is 36.5 Å². The molecule has 1 aromatic heterocycles. The van der Waals surface area contributed by atoms with Crippen LogP contribution in [0.25, 0.3) is 0 Å². The maximum absolute atomic E-state index is 12.2. The number of nitrogens with zero attached hydrogens (tertiary/aromatic N) is 2. The number of halogens is 1. The van der Waals surface area contributed by atoms with E-state index in [4.69, 9.17) is 0 Å². The molecule has 0 atom stereocenters. The number of nitrogens with one attached hydrogen (secondary N) is 3. The van der Waals surface area contributed by atoms with Gasteiger partial charge >= 0.3 is 0 Å². The molecule has 1 aromatic carbocycles. The second kappa shape index (κ2) is 10.7. The summed E-state index contributed by atoms with van der Waals surface area (Å²) in [6.07, 6.45) is 1.85. The first kappa shape index (κ1) is 24.0. The molecule has 160 valence electrons. The quantitative estimate of drug-likeness (QED) is 0.267. The highest BCUT2D eigenvalue weighted by Crippen LogP contribution is 2.22. The second-order valence-corrected chi connectivity index (χ2v) is 9.80. The van der Waals surface area contributed by atoms with Crippen LogP contribution in [0.15, 0.2) is 39.5 Å². The minimum Gasteiger partial charge on any atom is -0.352 e. The third-order valence-electron chi connectivity index (χ3n) is 4.38. The molecule has 0 spiro atoms. The first-order valence-corrected chi connectivity index (χ1v) is 11.7. The Balaban J connectivity index is 0.00000300. The minimum atomic E-state index is -3.41. The first-order valence-electron chi connectivity index (χ1n) is 9.37. The molecule has 1 aliphatic carbocycles. The SMILES string of the molecule is CN=C(NCc1ccc(S(=O)(=O)NC2CC2)cc1)NCc1nc(C(C)C)cs1.I. The smallest absolute Gasteiger partial charge is 0.240 e. The van der Waals surface area contributed by atoms with Crippen LogP contribution in [0, 0.1) is 0 Å². The molecule has 3 N–H and O–H groups in total. The van der Waals surface area contributed by atoms with E-state index in [1.165, 1.54) is 0 Å². The predicted octanol–water partition coefficient (Wildman–Crippen LogP) is 3.19. The lowest BCUT2D eigenvalue weighted by Crippen LogP contribution is -2.36. The lowest BCUT2D eigenvalue weighted by molar-refractivity contribution is 0.581. The molecular formula is C19H28IN5O2S2. The van der Waals surface area contributed by atoms with E-state index in [1.54, 1.807) is 30.5 Å². The van der Waals surface area contributed by atoms with Gasteiger partial charge in [0, 0.05) is 25.0 Å². The van der Waals surface area contributed by atoms with Gasteiger partial charge in [0.1, 0.15) is 5.01 Å². The number of hydrogen-bond acceptors (Lipinski definition) is 5. The summed E-state index contributed by atoms with van der Waals surface area (Å²) in [5.74, 6) is 1.10. The van der Waals surface area contributed by atoms with Crippen molar-refractivity contribution in [3.8, 4) is 0 Å². The zero-order chi connectivity index (χ0) is 20.1. The Kier molecular flexibility index (Phi) is 8.86. The van der Waals surface area contributed by atoms with Crippen molar-refractivity contribution >= 4 is 51.3 Å².